The number of nitrogens with zero attached hydrogens (tertiary/aromatic N) is 1. The third-order valence-electron chi connectivity index (χ3n) is 5.24. The lowest BCUT2D eigenvalue weighted by Gasteiger charge is -2.16. The maximum Gasteiger partial charge on any atom is 0.335 e. The van der Waals surface area contributed by atoms with Gasteiger partial charge in [0, 0.05) is 22.6 Å². The lowest BCUT2D eigenvalue weighted by molar-refractivity contribution is 0.0696. The van der Waals surface area contributed by atoms with E-state index < -0.39 is 15.8 Å². The molecule has 1 aromatic heterocycles. The van der Waals surface area contributed by atoms with Crippen molar-refractivity contribution in [3.8, 4) is 17.2 Å². The van der Waals surface area contributed by atoms with Crippen molar-refractivity contribution in [3.63, 3.8) is 0 Å². The molecular formula is C22H21NO5S. The second kappa shape index (κ2) is 6.49. The summed E-state index contributed by atoms with van der Waals surface area (Å²) in [5.74, 6) is -0.737. The monoisotopic (exact) mass is 411 g/mol. The molecule has 29 heavy (non-hydrogen) atoms. The fourth-order valence-corrected chi connectivity index (χ4v) is 5.47. The van der Waals surface area contributed by atoms with E-state index in [1.54, 1.807) is 6.92 Å². The summed E-state index contributed by atoms with van der Waals surface area (Å²) in [6.45, 7) is 7.53. The predicted octanol–water partition coefficient (Wildman–Crippen LogP) is 4.49. The molecule has 0 spiro atoms. The zero-order chi connectivity index (χ0) is 21.1. The number of aryl methyl sites for hydroxylation is 4. The Kier molecular flexibility index (Phi) is 4.31. The molecule has 0 saturated heterocycles. The van der Waals surface area contributed by atoms with E-state index in [9.17, 15) is 18.3 Å². The topological polar surface area (TPSA) is 85.6 Å². The van der Waals surface area contributed by atoms with Gasteiger partial charge in [0.2, 0.25) is 0 Å². The molecule has 0 saturated carbocycles. The average Bonchev–Trinajstić information content (AvgIpc) is 2.90. The summed E-state index contributed by atoms with van der Waals surface area (Å²) in [5, 5.41) is 9.32. The average molecular weight is 411 g/mol. The van der Waals surface area contributed by atoms with Gasteiger partial charge >= 0.3 is 5.97 Å². The summed E-state index contributed by atoms with van der Waals surface area (Å²) in [6, 6.07) is 10.4. The Morgan fingerprint density at radius 2 is 1.59 bits per heavy atom. The first-order valence-corrected chi connectivity index (χ1v) is 10.8. The van der Waals surface area contributed by atoms with Crippen LogP contribution < -0.4 is 4.74 Å². The molecule has 3 aromatic rings. The van der Waals surface area contributed by atoms with E-state index in [4.69, 9.17) is 4.74 Å². The Morgan fingerprint density at radius 3 is 2.21 bits per heavy atom. The molecule has 0 fully saturated rings. The second-order valence-electron chi connectivity index (χ2n) is 7.49. The lowest BCUT2D eigenvalue weighted by atomic mass is 10.1. The molecule has 0 unspecified atom stereocenters. The van der Waals surface area contributed by atoms with E-state index >= 15 is 0 Å². The van der Waals surface area contributed by atoms with Gasteiger partial charge in [0.15, 0.2) is 9.84 Å². The van der Waals surface area contributed by atoms with Gasteiger partial charge in [0.1, 0.15) is 16.4 Å². The minimum Gasteiger partial charge on any atom is -0.478 e. The summed E-state index contributed by atoms with van der Waals surface area (Å²) >= 11 is 0. The smallest absolute Gasteiger partial charge is 0.335 e. The van der Waals surface area contributed by atoms with Gasteiger partial charge in [-0.05, 0) is 75.2 Å². The minimum atomic E-state index is -3.79. The Hall–Kier alpha value is -3.06. The molecule has 1 N–H and O–H groups in total. The molecule has 0 amide bonds. The summed E-state index contributed by atoms with van der Waals surface area (Å²) in [5.41, 5.74) is 4.73. The molecule has 1 aliphatic rings. The zero-order valence-electron chi connectivity index (χ0n) is 16.6. The lowest BCUT2D eigenvalue weighted by Crippen LogP contribution is -2.07. The maximum atomic E-state index is 13.1. The van der Waals surface area contributed by atoms with Crippen molar-refractivity contribution in [2.24, 2.45) is 0 Å². The number of sulfone groups is 1. The van der Waals surface area contributed by atoms with Crippen molar-refractivity contribution in [2.45, 2.75) is 38.3 Å². The molecule has 7 heteroatoms. The third-order valence-corrected chi connectivity index (χ3v) is 6.90. The fraction of sp³-hybridized carbons (Fsp3) is 0.227. The highest BCUT2D eigenvalue weighted by Crippen LogP contribution is 2.42. The number of carbonyl (C=O) groups is 1. The molecule has 1 aliphatic heterocycles. The maximum absolute atomic E-state index is 13.1. The molecule has 4 rings (SSSR count). The third kappa shape index (κ3) is 3.11. The van der Waals surface area contributed by atoms with Gasteiger partial charge in [-0.15, -0.1) is 0 Å². The van der Waals surface area contributed by atoms with Crippen molar-refractivity contribution in [1.82, 2.24) is 4.57 Å². The minimum absolute atomic E-state index is 0.0737. The van der Waals surface area contributed by atoms with Gasteiger partial charge in [-0.25, -0.2) is 13.2 Å². The first kappa shape index (κ1) is 19.3. The summed E-state index contributed by atoms with van der Waals surface area (Å²) in [6.07, 6.45) is 0. The van der Waals surface area contributed by atoms with Crippen LogP contribution in [0.4, 0.5) is 0 Å². The van der Waals surface area contributed by atoms with E-state index in [0.717, 1.165) is 22.6 Å². The van der Waals surface area contributed by atoms with E-state index in [2.05, 4.69) is 4.57 Å². The number of hydrogen-bond donors (Lipinski definition) is 1. The van der Waals surface area contributed by atoms with Gasteiger partial charge < -0.3 is 14.4 Å². The quantitative estimate of drug-likeness (QED) is 0.672. The number of aromatic carboxylic acids is 1. The van der Waals surface area contributed by atoms with Crippen molar-refractivity contribution >= 4 is 15.8 Å². The highest BCUT2D eigenvalue weighted by Gasteiger charge is 2.31. The number of carboxylic acid groups (broad SMARTS) is 1. The highest BCUT2D eigenvalue weighted by molar-refractivity contribution is 7.90. The summed E-state index contributed by atoms with van der Waals surface area (Å²) in [4.78, 5) is 11.3. The van der Waals surface area contributed by atoms with Crippen LogP contribution in [0.1, 0.15) is 38.4 Å². The molecule has 0 radical (unpaired) electrons. The fourth-order valence-electron chi connectivity index (χ4n) is 3.90. The van der Waals surface area contributed by atoms with Crippen LogP contribution in [0.5, 0.6) is 11.5 Å². The van der Waals surface area contributed by atoms with Gasteiger partial charge in [0.25, 0.3) is 0 Å². The number of carboxylic acids is 1. The van der Waals surface area contributed by atoms with Crippen molar-refractivity contribution in [2.75, 3.05) is 0 Å². The van der Waals surface area contributed by atoms with Gasteiger partial charge in [-0.1, -0.05) is 0 Å². The molecule has 0 aliphatic carbocycles. The first-order valence-electron chi connectivity index (χ1n) is 9.16. The summed E-state index contributed by atoms with van der Waals surface area (Å²) in [7, 11) is -3.79. The van der Waals surface area contributed by atoms with Crippen molar-refractivity contribution < 1.29 is 23.1 Å². The molecular weight excluding hydrogens is 390 g/mol. The Morgan fingerprint density at radius 1 is 0.966 bits per heavy atom. The standard InChI is InChI=1S/C22H21NO5S/c1-12-7-16(22(24)25)10-19-21(12)28-20-13(2)8-18(9-17(20)11-29(19,26)27)23-14(3)5-6-15(23)4/h5-10H,11H2,1-4H3,(H,24,25). The van der Waals surface area contributed by atoms with Crippen molar-refractivity contribution in [1.29, 1.82) is 0 Å². The van der Waals surface area contributed by atoms with Crippen LogP contribution in [0.25, 0.3) is 5.69 Å². The largest absolute Gasteiger partial charge is 0.478 e. The van der Waals surface area contributed by atoms with Gasteiger partial charge in [-0.3, -0.25) is 0 Å². The second-order valence-corrected chi connectivity index (χ2v) is 9.45. The predicted molar refractivity (Wildman–Crippen MR) is 109 cm³/mol. The highest BCUT2D eigenvalue weighted by atomic mass is 32.2. The summed E-state index contributed by atoms with van der Waals surface area (Å²) < 4.78 is 34.4. The first-order chi connectivity index (χ1) is 13.6. The molecule has 150 valence electrons. The van der Waals surface area contributed by atoms with E-state index in [0.29, 0.717) is 16.9 Å². The van der Waals surface area contributed by atoms with Crippen LogP contribution >= 0.6 is 0 Å². The van der Waals surface area contributed by atoms with Gasteiger partial charge in [0.05, 0.1) is 11.3 Å². The van der Waals surface area contributed by atoms with Crippen LogP contribution in [-0.2, 0) is 15.6 Å². The van der Waals surface area contributed by atoms with E-state index in [-0.39, 0.29) is 22.0 Å². The van der Waals surface area contributed by atoms with Crippen LogP contribution in [0, 0.1) is 27.7 Å². The number of benzene rings is 2. The van der Waals surface area contributed by atoms with E-state index in [1.165, 1.54) is 12.1 Å². The molecule has 0 bridgehead atoms. The normalized spacial score (nSPS) is 14.5. The van der Waals surface area contributed by atoms with Crippen molar-refractivity contribution in [3.05, 3.63) is 70.0 Å². The number of rotatable bonds is 2. The van der Waals surface area contributed by atoms with Crippen LogP contribution in [0.2, 0.25) is 0 Å². The molecule has 2 heterocycles. The molecule has 0 atom stereocenters. The zero-order valence-corrected chi connectivity index (χ0v) is 17.4. The van der Waals surface area contributed by atoms with Crippen LogP contribution in [0.15, 0.2) is 41.3 Å². The number of ether oxygens (including phenoxy) is 1. The Bertz CT molecular complexity index is 1270. The Labute approximate surface area is 169 Å². The van der Waals surface area contributed by atoms with E-state index in [1.807, 2.05) is 45.0 Å². The Balaban J connectivity index is 1.95. The van der Waals surface area contributed by atoms with Crippen LogP contribution in [0.3, 0.4) is 0 Å². The number of fused-ring (bicyclic) bond motifs is 2. The number of hydrogen-bond acceptors (Lipinski definition) is 4. The van der Waals surface area contributed by atoms with Gasteiger partial charge in [-0.2, -0.15) is 0 Å². The number of aromatic nitrogens is 1. The van der Waals surface area contributed by atoms with Crippen LogP contribution in [-0.4, -0.2) is 24.1 Å². The molecule has 6 nitrogen and oxygen atoms in total. The SMILES string of the molecule is Cc1cc(-n2c(C)ccc2C)cc2c1Oc1c(C)cc(C(=O)O)cc1S(=O)(=O)C2. The molecule has 2 aromatic carbocycles.